The third-order valence-electron chi connectivity index (χ3n) is 4.28. The molecule has 3 heterocycles. The number of H-pyrrole nitrogens is 1. The Labute approximate surface area is 151 Å². The van der Waals surface area contributed by atoms with E-state index in [4.69, 9.17) is 14.2 Å². The minimum Gasteiger partial charge on any atom is -0.490 e. The summed E-state index contributed by atoms with van der Waals surface area (Å²) in [5.74, 6) is 1.96. The third kappa shape index (κ3) is 3.15. The van der Waals surface area contributed by atoms with Gasteiger partial charge in [-0.3, -0.25) is 4.98 Å². The summed E-state index contributed by atoms with van der Waals surface area (Å²) in [6.45, 7) is 6.98. The highest BCUT2D eigenvalue weighted by Crippen LogP contribution is 2.46. The first kappa shape index (κ1) is 16.9. The van der Waals surface area contributed by atoms with E-state index in [-0.39, 0.29) is 18.9 Å². The van der Waals surface area contributed by atoms with Crippen molar-refractivity contribution in [1.82, 2.24) is 15.3 Å². The van der Waals surface area contributed by atoms with Gasteiger partial charge >= 0.3 is 0 Å². The molecule has 7 heteroatoms. The van der Waals surface area contributed by atoms with Crippen LogP contribution in [0.15, 0.2) is 24.5 Å². The number of fused-ring (bicyclic) bond motifs is 5. The van der Waals surface area contributed by atoms with Gasteiger partial charge in [-0.1, -0.05) is 0 Å². The first-order chi connectivity index (χ1) is 12.4. The molecular weight excluding hydrogens is 334 g/mol. The molecule has 3 aromatic rings. The molecule has 1 unspecified atom stereocenters. The fourth-order valence-corrected chi connectivity index (χ4v) is 3.04. The highest BCUT2D eigenvalue weighted by Gasteiger charge is 2.24. The van der Waals surface area contributed by atoms with Gasteiger partial charge in [0.15, 0.2) is 11.5 Å². The van der Waals surface area contributed by atoms with Crippen molar-refractivity contribution >= 4 is 21.8 Å². The lowest BCUT2D eigenvalue weighted by Crippen LogP contribution is -2.42. The molecule has 1 aromatic carbocycles. The van der Waals surface area contributed by atoms with E-state index in [0.29, 0.717) is 23.8 Å². The second-order valence-electron chi connectivity index (χ2n) is 7.50. The van der Waals surface area contributed by atoms with Gasteiger partial charge in [0.1, 0.15) is 18.5 Å². The van der Waals surface area contributed by atoms with Crippen LogP contribution in [0.1, 0.15) is 20.8 Å². The van der Waals surface area contributed by atoms with Gasteiger partial charge in [0, 0.05) is 29.7 Å². The van der Waals surface area contributed by atoms with Crippen molar-refractivity contribution in [3.63, 3.8) is 0 Å². The lowest BCUT2D eigenvalue weighted by atomic mass is 10.1. The topological polar surface area (TPSA) is 88.6 Å². The average molecular weight is 357 g/mol. The Morgan fingerprint density at radius 3 is 3.04 bits per heavy atom. The molecule has 0 aliphatic carbocycles. The van der Waals surface area contributed by atoms with E-state index in [1.807, 2.05) is 12.1 Å². The monoisotopic (exact) mass is 357 g/mol. The molecule has 0 spiro atoms. The van der Waals surface area contributed by atoms with Gasteiger partial charge in [0.05, 0.1) is 22.6 Å². The van der Waals surface area contributed by atoms with E-state index >= 15 is 0 Å². The second-order valence-corrected chi connectivity index (χ2v) is 7.50. The number of hydrogen-bond donors (Lipinski definition) is 3. The van der Waals surface area contributed by atoms with Crippen LogP contribution in [0.5, 0.6) is 17.2 Å². The molecule has 2 aromatic heterocycles. The molecule has 0 amide bonds. The maximum atomic E-state index is 10.2. The van der Waals surface area contributed by atoms with Gasteiger partial charge in [-0.25, -0.2) is 0 Å². The number of hydrogen-bond acceptors (Lipinski definition) is 6. The zero-order valence-corrected chi connectivity index (χ0v) is 15.1. The number of pyridine rings is 1. The third-order valence-corrected chi connectivity index (χ3v) is 4.28. The number of rotatable bonds is 5. The molecule has 3 N–H and O–H groups in total. The van der Waals surface area contributed by atoms with Crippen molar-refractivity contribution in [3.8, 4) is 17.2 Å². The maximum absolute atomic E-state index is 10.2. The summed E-state index contributed by atoms with van der Waals surface area (Å²) < 4.78 is 17.1. The minimum absolute atomic E-state index is 0.0587. The smallest absolute Gasteiger partial charge is 0.231 e. The normalized spacial score (nSPS) is 14.9. The van der Waals surface area contributed by atoms with Crippen LogP contribution in [0.2, 0.25) is 0 Å². The van der Waals surface area contributed by atoms with Crippen molar-refractivity contribution in [2.24, 2.45) is 0 Å². The fourth-order valence-electron chi connectivity index (χ4n) is 3.04. The molecule has 0 fully saturated rings. The van der Waals surface area contributed by atoms with E-state index in [0.717, 1.165) is 21.8 Å². The summed E-state index contributed by atoms with van der Waals surface area (Å²) in [7, 11) is 0. The molecule has 0 bridgehead atoms. The number of nitrogens with zero attached hydrogens (tertiary/aromatic N) is 1. The number of ether oxygens (including phenoxy) is 3. The number of aromatic nitrogens is 2. The number of β-amino-alcohol motifs (C(OH)–C–C–N with tert-alkyl or cyclic N) is 1. The Kier molecular flexibility index (Phi) is 4.13. The van der Waals surface area contributed by atoms with E-state index in [9.17, 15) is 5.11 Å². The van der Waals surface area contributed by atoms with Crippen LogP contribution in [-0.2, 0) is 0 Å². The molecule has 4 rings (SSSR count). The quantitative estimate of drug-likeness (QED) is 0.650. The molecule has 138 valence electrons. The van der Waals surface area contributed by atoms with Gasteiger partial charge in [-0.15, -0.1) is 0 Å². The molecular formula is C19H23N3O4. The van der Waals surface area contributed by atoms with Gasteiger partial charge in [0.25, 0.3) is 0 Å². The summed E-state index contributed by atoms with van der Waals surface area (Å²) in [5.41, 5.74) is 1.66. The van der Waals surface area contributed by atoms with Gasteiger partial charge in [0.2, 0.25) is 6.79 Å². The molecule has 0 saturated carbocycles. The summed E-state index contributed by atoms with van der Waals surface area (Å²) >= 11 is 0. The first-order valence-electron chi connectivity index (χ1n) is 8.66. The van der Waals surface area contributed by atoms with Gasteiger partial charge in [-0.2, -0.15) is 0 Å². The zero-order valence-electron chi connectivity index (χ0n) is 15.1. The van der Waals surface area contributed by atoms with Crippen LogP contribution in [0.25, 0.3) is 21.8 Å². The number of benzene rings is 1. The number of aliphatic hydroxyl groups is 1. The second kappa shape index (κ2) is 6.34. The maximum Gasteiger partial charge on any atom is 0.231 e. The van der Waals surface area contributed by atoms with Crippen LogP contribution in [0.3, 0.4) is 0 Å². The molecule has 7 nitrogen and oxygen atoms in total. The molecule has 1 aliphatic rings. The van der Waals surface area contributed by atoms with E-state index < -0.39 is 6.10 Å². The Bertz CT molecular complexity index is 945. The summed E-state index contributed by atoms with van der Waals surface area (Å²) in [6.07, 6.45) is 2.89. The predicted molar refractivity (Wildman–Crippen MR) is 99.0 cm³/mol. The number of aromatic amines is 1. The first-order valence-corrected chi connectivity index (χ1v) is 8.66. The Morgan fingerprint density at radius 2 is 2.23 bits per heavy atom. The van der Waals surface area contributed by atoms with Crippen molar-refractivity contribution in [2.45, 2.75) is 32.4 Å². The van der Waals surface area contributed by atoms with Gasteiger partial charge in [-0.05, 0) is 26.8 Å². The summed E-state index contributed by atoms with van der Waals surface area (Å²) in [5, 5.41) is 15.4. The largest absolute Gasteiger partial charge is 0.490 e. The van der Waals surface area contributed by atoms with Crippen molar-refractivity contribution in [1.29, 1.82) is 0 Å². The van der Waals surface area contributed by atoms with Crippen LogP contribution >= 0.6 is 0 Å². The minimum atomic E-state index is -0.624. The van der Waals surface area contributed by atoms with E-state index in [2.05, 4.69) is 36.1 Å². The fraction of sp³-hybridized carbons (Fsp3) is 0.421. The summed E-state index contributed by atoms with van der Waals surface area (Å²) in [6, 6.07) is 3.75. The highest BCUT2D eigenvalue weighted by molar-refractivity contribution is 6.13. The van der Waals surface area contributed by atoms with Crippen LogP contribution in [-0.4, -0.2) is 46.7 Å². The van der Waals surface area contributed by atoms with Crippen LogP contribution in [0, 0.1) is 0 Å². The predicted octanol–water partition coefficient (Wildman–Crippen LogP) is 2.57. The van der Waals surface area contributed by atoms with Gasteiger partial charge < -0.3 is 29.6 Å². The summed E-state index contributed by atoms with van der Waals surface area (Å²) in [4.78, 5) is 7.49. The molecule has 1 aliphatic heterocycles. The number of aliphatic hydroxyl groups excluding tert-OH is 1. The lowest BCUT2D eigenvalue weighted by molar-refractivity contribution is 0.101. The average Bonchev–Trinajstić information content (AvgIpc) is 3.21. The SMILES string of the molecule is CC(C)(C)NCC(O)COc1cc2c(c3[nH]c4cnccc4c13)OCO2. The highest BCUT2D eigenvalue weighted by atomic mass is 16.7. The molecule has 26 heavy (non-hydrogen) atoms. The molecule has 1 atom stereocenters. The zero-order chi connectivity index (χ0) is 18.3. The Hall–Kier alpha value is -2.51. The van der Waals surface area contributed by atoms with Crippen molar-refractivity contribution < 1.29 is 19.3 Å². The van der Waals surface area contributed by atoms with Crippen LogP contribution in [0.4, 0.5) is 0 Å². The van der Waals surface area contributed by atoms with Crippen LogP contribution < -0.4 is 19.5 Å². The number of nitrogens with one attached hydrogen (secondary N) is 2. The Morgan fingerprint density at radius 1 is 1.38 bits per heavy atom. The molecule has 0 radical (unpaired) electrons. The Balaban J connectivity index is 1.65. The molecule has 0 saturated heterocycles. The lowest BCUT2D eigenvalue weighted by Gasteiger charge is -2.23. The van der Waals surface area contributed by atoms with E-state index in [1.54, 1.807) is 12.4 Å². The van der Waals surface area contributed by atoms with E-state index in [1.165, 1.54) is 0 Å². The standard InChI is InChI=1S/C19H23N3O4/c1-19(2,3)21-7-11(23)9-24-14-6-15-18(26-10-25-15)17-16(14)12-4-5-20-8-13(12)22-17/h4-6,8,11,21-23H,7,9-10H2,1-3H3. The van der Waals surface area contributed by atoms with Crippen molar-refractivity contribution in [3.05, 3.63) is 24.5 Å². The van der Waals surface area contributed by atoms with Crippen molar-refractivity contribution in [2.75, 3.05) is 19.9 Å².